The summed E-state index contributed by atoms with van der Waals surface area (Å²) in [6.45, 7) is 17.2. The summed E-state index contributed by atoms with van der Waals surface area (Å²) in [6.07, 6.45) is 0.942. The molecule has 0 N–H and O–H groups in total. The van der Waals surface area contributed by atoms with Gasteiger partial charge in [-0.1, -0.05) is 138 Å². The summed E-state index contributed by atoms with van der Waals surface area (Å²) in [5.41, 5.74) is -1.48. The third-order valence-electron chi connectivity index (χ3n) is 10.3. The maximum Gasteiger partial charge on any atom is 0.356 e. The van der Waals surface area contributed by atoms with Gasteiger partial charge in [-0.15, -0.1) is 0 Å². The van der Waals surface area contributed by atoms with Crippen LogP contribution in [0.25, 0.3) is 0 Å². The van der Waals surface area contributed by atoms with Crippen molar-refractivity contribution in [3.8, 4) is 0 Å². The molecule has 0 radical (unpaired) electrons. The maximum atomic E-state index is 15.3. The first kappa shape index (κ1) is 42.9. The molecular formula is C42H56NO8PSi2. The molecule has 0 bridgehead atoms. The molecule has 1 amide bonds. The van der Waals surface area contributed by atoms with E-state index in [1.807, 2.05) is 125 Å². The van der Waals surface area contributed by atoms with Crippen LogP contribution in [0.2, 0.25) is 13.1 Å². The topological polar surface area (TPSA) is 108 Å². The lowest BCUT2D eigenvalue weighted by Crippen LogP contribution is -2.71. The summed E-state index contributed by atoms with van der Waals surface area (Å²) < 4.78 is 23.9. The number of carbonyl (C=O) groups excluding carboxylic acids is 4. The van der Waals surface area contributed by atoms with Crippen LogP contribution >= 0.6 is 6.89 Å². The van der Waals surface area contributed by atoms with Crippen molar-refractivity contribution in [2.45, 2.75) is 73.9 Å². The number of β-lactam (4-membered cyclic amide) rings is 1. The Bertz CT molecular complexity index is 1740. The summed E-state index contributed by atoms with van der Waals surface area (Å²) in [6, 6.07) is 28.1. The summed E-state index contributed by atoms with van der Waals surface area (Å²) in [7, 11) is -1.78. The fourth-order valence-corrected chi connectivity index (χ4v) is 13.4. The number of hydrogen-bond donors (Lipinski definition) is 0. The van der Waals surface area contributed by atoms with Crippen LogP contribution in [0.4, 0.5) is 0 Å². The lowest BCUT2D eigenvalue weighted by molar-refractivity contribution is -0.179. The Morgan fingerprint density at radius 3 is 1.65 bits per heavy atom. The fraction of sp³-hybridized carbons (Fsp3) is 0.405. The monoisotopic (exact) mass is 789 g/mol. The van der Waals surface area contributed by atoms with E-state index in [4.69, 9.17) is 18.3 Å². The zero-order valence-electron chi connectivity index (χ0n) is 33.1. The zero-order chi connectivity index (χ0) is 39.8. The summed E-state index contributed by atoms with van der Waals surface area (Å²) >= 11 is 0. The van der Waals surface area contributed by atoms with Crippen LogP contribution in [0.5, 0.6) is 0 Å². The second-order valence-corrected chi connectivity index (χ2v) is 20.3. The average Bonchev–Trinajstić information content (AvgIpc) is 3.16. The molecule has 12 heteroatoms. The fourth-order valence-electron chi connectivity index (χ4n) is 7.12. The van der Waals surface area contributed by atoms with E-state index in [2.05, 4.69) is 6.58 Å². The molecule has 1 aliphatic rings. The number of amides is 1. The highest BCUT2D eigenvalue weighted by atomic mass is 31.2. The molecule has 0 aliphatic carbocycles. The number of ether oxygens (including phenoxy) is 2. The van der Waals surface area contributed by atoms with Gasteiger partial charge in [0.15, 0.2) is 19.5 Å². The van der Waals surface area contributed by atoms with Crippen molar-refractivity contribution in [2.24, 2.45) is 28.6 Å². The molecule has 54 heavy (non-hydrogen) atoms. The van der Waals surface area contributed by atoms with Gasteiger partial charge < -0.3 is 23.2 Å². The third-order valence-corrected chi connectivity index (χ3v) is 15.8. The Balaban J connectivity index is 2.14. The molecule has 3 aromatic rings. The van der Waals surface area contributed by atoms with Crippen molar-refractivity contribution in [3.05, 3.63) is 104 Å². The van der Waals surface area contributed by atoms with Gasteiger partial charge in [-0.2, -0.15) is 0 Å². The van der Waals surface area contributed by atoms with Gasteiger partial charge in [0, 0.05) is 12.3 Å². The standard InChI is InChI=1S/C42H56NO8PSi2/c1-11-27-48-38(46)36(52(30-21-15-12-16-22-30,31-23-17-13-18-24-31)32-25-19-14-20-26-32)43-34(28(2)37(45)49-39(47)41(4,5)6)33(35(43)44)29(3)42(7,8)40(50-53-9)51-54-10/h11-26,28-29,33-34,40H,1,27,53-54H2,2-10H3. The normalized spacial score (nSPS) is 18.2. The summed E-state index contributed by atoms with van der Waals surface area (Å²) in [4.78, 5) is 59.0. The number of nitrogens with zero attached hydrogens (tertiary/aromatic N) is 1. The second-order valence-electron chi connectivity index (χ2n) is 15.2. The van der Waals surface area contributed by atoms with Gasteiger partial charge in [0.05, 0.1) is 23.3 Å². The largest absolute Gasteiger partial charge is 0.457 e. The number of likely N-dealkylation sites (tertiary alicyclic amines) is 1. The van der Waals surface area contributed by atoms with Gasteiger partial charge in [-0.25, -0.2) is 4.79 Å². The predicted octanol–water partition coefficient (Wildman–Crippen LogP) is 4.70. The Hall–Kier alpha value is -3.87. The minimum absolute atomic E-state index is 0.101. The Morgan fingerprint density at radius 2 is 1.26 bits per heavy atom. The van der Waals surface area contributed by atoms with Crippen LogP contribution in [-0.2, 0) is 37.5 Å². The average molecular weight is 790 g/mol. The Kier molecular flexibility index (Phi) is 14.4. The van der Waals surface area contributed by atoms with E-state index in [1.165, 1.54) is 11.0 Å². The smallest absolute Gasteiger partial charge is 0.356 e. The van der Waals surface area contributed by atoms with Crippen LogP contribution in [0.15, 0.2) is 104 Å². The van der Waals surface area contributed by atoms with E-state index in [0.717, 1.165) is 15.9 Å². The van der Waals surface area contributed by atoms with Gasteiger partial charge >= 0.3 is 17.9 Å². The van der Waals surface area contributed by atoms with Crippen LogP contribution in [0, 0.1) is 28.6 Å². The number of esters is 3. The number of benzene rings is 3. The van der Waals surface area contributed by atoms with Gasteiger partial charge in [0.2, 0.25) is 5.91 Å². The molecule has 290 valence electrons. The molecule has 0 spiro atoms. The van der Waals surface area contributed by atoms with Gasteiger partial charge in [-0.05, 0) is 49.5 Å². The molecule has 4 rings (SSSR count). The molecule has 9 nitrogen and oxygen atoms in total. The molecule has 1 aliphatic heterocycles. The molecule has 1 fully saturated rings. The van der Waals surface area contributed by atoms with E-state index < -0.39 is 85.2 Å². The van der Waals surface area contributed by atoms with Crippen molar-refractivity contribution in [3.63, 3.8) is 0 Å². The Labute approximate surface area is 325 Å². The van der Waals surface area contributed by atoms with Crippen molar-refractivity contribution in [2.75, 3.05) is 6.61 Å². The number of rotatable bonds is 16. The quantitative estimate of drug-likeness (QED) is 0.0391. The molecule has 1 saturated heterocycles. The lowest BCUT2D eigenvalue weighted by Gasteiger charge is -2.56. The summed E-state index contributed by atoms with van der Waals surface area (Å²) in [5.74, 6) is -4.68. The van der Waals surface area contributed by atoms with E-state index in [0.29, 0.717) is 0 Å². The number of hydrogen-bond acceptors (Lipinski definition) is 8. The van der Waals surface area contributed by atoms with Crippen molar-refractivity contribution >= 4 is 71.6 Å². The molecule has 1 heterocycles. The van der Waals surface area contributed by atoms with Gasteiger partial charge in [-0.3, -0.25) is 14.4 Å². The molecule has 4 unspecified atom stereocenters. The van der Waals surface area contributed by atoms with Crippen molar-refractivity contribution in [1.82, 2.24) is 4.90 Å². The predicted molar refractivity (Wildman–Crippen MR) is 223 cm³/mol. The third kappa shape index (κ3) is 8.50. The SMILES string of the molecule is C=CCOC(=O)C(N1C(=O)C(C(C)C(C)(C)C(O[SiH2]C)O[SiH2]C)C1C(C)C(=O)OC(=O)C(C)(C)C)=P(c1ccccc1)(c1ccccc1)c1ccccc1. The number of carbonyl (C=O) groups is 4. The molecule has 0 aromatic heterocycles. The highest BCUT2D eigenvalue weighted by Gasteiger charge is 2.61. The van der Waals surface area contributed by atoms with E-state index >= 15 is 4.79 Å². The minimum Gasteiger partial charge on any atom is -0.457 e. The molecule has 3 aromatic carbocycles. The first-order valence-corrected chi connectivity index (χ1v) is 24.4. The van der Waals surface area contributed by atoms with Crippen LogP contribution < -0.4 is 15.9 Å². The minimum atomic E-state index is -3.26. The van der Waals surface area contributed by atoms with Gasteiger partial charge in [0.25, 0.3) is 0 Å². The first-order valence-electron chi connectivity index (χ1n) is 18.6. The second kappa shape index (κ2) is 18.2. The van der Waals surface area contributed by atoms with Gasteiger partial charge in [0.1, 0.15) is 18.3 Å². The highest BCUT2D eigenvalue weighted by molar-refractivity contribution is 7.96. The first-order chi connectivity index (χ1) is 25.6. The molecule has 0 saturated carbocycles. The zero-order valence-corrected chi connectivity index (χ0v) is 36.8. The van der Waals surface area contributed by atoms with Crippen molar-refractivity contribution < 1.29 is 37.5 Å². The maximum absolute atomic E-state index is 15.3. The van der Waals surface area contributed by atoms with Crippen LogP contribution in [0.1, 0.15) is 48.5 Å². The molecular weight excluding hydrogens is 734 g/mol. The van der Waals surface area contributed by atoms with E-state index in [1.54, 1.807) is 27.7 Å². The van der Waals surface area contributed by atoms with E-state index in [9.17, 15) is 14.4 Å². The van der Waals surface area contributed by atoms with Crippen molar-refractivity contribution in [1.29, 1.82) is 0 Å². The molecule has 4 atom stereocenters. The van der Waals surface area contributed by atoms with Crippen LogP contribution in [-0.4, -0.2) is 72.6 Å². The lowest BCUT2D eigenvalue weighted by atomic mass is 9.63. The highest BCUT2D eigenvalue weighted by Crippen LogP contribution is 2.53. The van der Waals surface area contributed by atoms with Crippen LogP contribution in [0.3, 0.4) is 0 Å². The van der Waals surface area contributed by atoms with E-state index in [-0.39, 0.29) is 17.9 Å². The Morgan fingerprint density at radius 1 is 0.815 bits per heavy atom. The summed E-state index contributed by atoms with van der Waals surface area (Å²) in [5, 5.41) is 2.45.